The molecule has 1 atom stereocenters. The van der Waals surface area contributed by atoms with E-state index < -0.39 is 5.60 Å². The summed E-state index contributed by atoms with van der Waals surface area (Å²) < 4.78 is 12.9. The van der Waals surface area contributed by atoms with Gasteiger partial charge in [-0.25, -0.2) is 4.39 Å². The SMILES string of the molecule is Cc1ccc(CCCC(=O)NCC(C)(O)c2ccc(F)cc2)cc1. The standard InChI is InChI=1S/C20H24FNO2/c1-15-6-8-16(9-7-15)4-3-5-19(23)22-14-20(2,24)17-10-12-18(21)13-11-17/h6-13,24H,3-5,14H2,1-2H3,(H,22,23). The zero-order valence-corrected chi connectivity index (χ0v) is 14.2. The fraction of sp³-hybridized carbons (Fsp3) is 0.350. The van der Waals surface area contributed by atoms with Crippen molar-refractivity contribution in [2.24, 2.45) is 0 Å². The van der Waals surface area contributed by atoms with Gasteiger partial charge in [0.05, 0.1) is 6.54 Å². The molecule has 0 fully saturated rings. The fourth-order valence-corrected chi connectivity index (χ4v) is 2.48. The van der Waals surface area contributed by atoms with E-state index in [1.807, 2.05) is 6.92 Å². The molecule has 0 radical (unpaired) electrons. The zero-order chi connectivity index (χ0) is 17.6. The van der Waals surface area contributed by atoms with Gasteiger partial charge in [0.15, 0.2) is 0 Å². The Hall–Kier alpha value is -2.20. The van der Waals surface area contributed by atoms with Crippen LogP contribution in [0.25, 0.3) is 0 Å². The molecular weight excluding hydrogens is 305 g/mol. The molecule has 2 rings (SSSR count). The number of hydrogen-bond donors (Lipinski definition) is 2. The van der Waals surface area contributed by atoms with Gasteiger partial charge in [-0.15, -0.1) is 0 Å². The van der Waals surface area contributed by atoms with Crippen LogP contribution in [-0.2, 0) is 16.8 Å². The van der Waals surface area contributed by atoms with E-state index in [0.29, 0.717) is 12.0 Å². The summed E-state index contributed by atoms with van der Waals surface area (Å²) in [6.07, 6.45) is 2.02. The molecule has 1 amide bonds. The Balaban J connectivity index is 1.75. The molecule has 128 valence electrons. The lowest BCUT2D eigenvalue weighted by Crippen LogP contribution is -2.38. The van der Waals surface area contributed by atoms with Crippen LogP contribution in [0.4, 0.5) is 4.39 Å². The molecule has 24 heavy (non-hydrogen) atoms. The maximum absolute atomic E-state index is 12.9. The predicted octanol–water partition coefficient (Wildman–Crippen LogP) is 3.48. The van der Waals surface area contributed by atoms with E-state index in [2.05, 4.69) is 29.6 Å². The number of rotatable bonds is 7. The molecule has 2 N–H and O–H groups in total. The number of amides is 1. The summed E-state index contributed by atoms with van der Waals surface area (Å²) in [4.78, 5) is 11.9. The molecule has 0 aliphatic rings. The van der Waals surface area contributed by atoms with Crippen LogP contribution < -0.4 is 5.32 Å². The van der Waals surface area contributed by atoms with Crippen molar-refractivity contribution in [2.75, 3.05) is 6.54 Å². The van der Waals surface area contributed by atoms with Crippen LogP contribution in [0.3, 0.4) is 0 Å². The third kappa shape index (κ3) is 5.46. The molecule has 0 aliphatic heterocycles. The average molecular weight is 329 g/mol. The molecule has 2 aromatic carbocycles. The largest absolute Gasteiger partial charge is 0.384 e. The molecule has 2 aromatic rings. The Bertz CT molecular complexity index is 663. The Labute approximate surface area is 142 Å². The van der Waals surface area contributed by atoms with Gasteiger partial charge in [-0.1, -0.05) is 42.0 Å². The van der Waals surface area contributed by atoms with E-state index in [4.69, 9.17) is 0 Å². The van der Waals surface area contributed by atoms with E-state index in [1.165, 1.54) is 35.4 Å². The normalized spacial score (nSPS) is 13.3. The number of nitrogens with one attached hydrogen (secondary N) is 1. The van der Waals surface area contributed by atoms with Crippen molar-refractivity contribution >= 4 is 5.91 Å². The van der Waals surface area contributed by atoms with Gasteiger partial charge in [0.1, 0.15) is 11.4 Å². The predicted molar refractivity (Wildman–Crippen MR) is 93.1 cm³/mol. The third-order valence-corrected chi connectivity index (χ3v) is 4.09. The second-order valence-electron chi connectivity index (χ2n) is 6.40. The molecule has 0 saturated carbocycles. The summed E-state index contributed by atoms with van der Waals surface area (Å²) in [5.74, 6) is -0.445. The fourth-order valence-electron chi connectivity index (χ4n) is 2.48. The monoisotopic (exact) mass is 329 g/mol. The smallest absolute Gasteiger partial charge is 0.220 e. The van der Waals surface area contributed by atoms with E-state index in [-0.39, 0.29) is 18.3 Å². The molecule has 1 unspecified atom stereocenters. The zero-order valence-electron chi connectivity index (χ0n) is 14.2. The van der Waals surface area contributed by atoms with Crippen molar-refractivity contribution in [3.63, 3.8) is 0 Å². The summed E-state index contributed by atoms with van der Waals surface area (Å²) >= 11 is 0. The lowest BCUT2D eigenvalue weighted by molar-refractivity contribution is -0.122. The van der Waals surface area contributed by atoms with Crippen LogP contribution in [0.2, 0.25) is 0 Å². The summed E-state index contributed by atoms with van der Waals surface area (Å²) in [7, 11) is 0. The Kier molecular flexibility index (Phi) is 6.10. The maximum Gasteiger partial charge on any atom is 0.220 e. The summed E-state index contributed by atoms with van der Waals surface area (Å²) in [6.45, 7) is 3.75. The van der Waals surface area contributed by atoms with Crippen LogP contribution in [0.5, 0.6) is 0 Å². The number of aliphatic hydroxyl groups is 1. The lowest BCUT2D eigenvalue weighted by Gasteiger charge is -2.24. The molecule has 0 spiro atoms. The lowest BCUT2D eigenvalue weighted by atomic mass is 9.96. The van der Waals surface area contributed by atoms with Gasteiger partial charge in [0, 0.05) is 6.42 Å². The molecule has 0 aliphatic carbocycles. The molecule has 4 heteroatoms. The number of carbonyl (C=O) groups excluding carboxylic acids is 1. The van der Waals surface area contributed by atoms with E-state index in [9.17, 15) is 14.3 Å². The quantitative estimate of drug-likeness (QED) is 0.817. The minimum absolute atomic E-state index is 0.0931. The van der Waals surface area contributed by atoms with Crippen molar-refractivity contribution in [2.45, 2.75) is 38.7 Å². The Morgan fingerprint density at radius 2 is 1.75 bits per heavy atom. The van der Waals surface area contributed by atoms with Crippen molar-refractivity contribution in [1.29, 1.82) is 0 Å². The summed E-state index contributed by atoms with van der Waals surface area (Å²) in [5.41, 5.74) is 1.79. The molecule has 0 aromatic heterocycles. The van der Waals surface area contributed by atoms with Crippen molar-refractivity contribution in [3.8, 4) is 0 Å². The van der Waals surface area contributed by atoms with Crippen LogP contribution in [0.1, 0.15) is 36.5 Å². The van der Waals surface area contributed by atoms with Crippen LogP contribution in [0, 0.1) is 12.7 Å². The van der Waals surface area contributed by atoms with Gasteiger partial charge < -0.3 is 10.4 Å². The number of hydrogen-bond acceptors (Lipinski definition) is 2. The first-order chi connectivity index (χ1) is 11.4. The molecule has 3 nitrogen and oxygen atoms in total. The summed E-state index contributed by atoms with van der Waals surface area (Å²) in [5, 5.41) is 13.2. The van der Waals surface area contributed by atoms with Gasteiger partial charge in [-0.2, -0.15) is 0 Å². The van der Waals surface area contributed by atoms with Crippen molar-refractivity contribution in [3.05, 3.63) is 71.0 Å². The van der Waals surface area contributed by atoms with Crippen molar-refractivity contribution in [1.82, 2.24) is 5.32 Å². The minimum Gasteiger partial charge on any atom is -0.384 e. The average Bonchev–Trinajstić information content (AvgIpc) is 2.55. The van der Waals surface area contributed by atoms with Crippen molar-refractivity contribution < 1.29 is 14.3 Å². The second-order valence-corrected chi connectivity index (χ2v) is 6.40. The summed E-state index contributed by atoms with van der Waals surface area (Å²) in [6, 6.07) is 13.9. The minimum atomic E-state index is -1.22. The highest BCUT2D eigenvalue weighted by molar-refractivity contribution is 5.75. The van der Waals surface area contributed by atoms with Crippen LogP contribution in [0.15, 0.2) is 48.5 Å². The molecule has 0 heterocycles. The van der Waals surface area contributed by atoms with Gasteiger partial charge in [-0.05, 0) is 49.9 Å². The molecular formula is C20H24FNO2. The number of halogens is 1. The van der Waals surface area contributed by atoms with Crippen LogP contribution >= 0.6 is 0 Å². The van der Waals surface area contributed by atoms with Gasteiger partial charge in [-0.3, -0.25) is 4.79 Å². The number of benzene rings is 2. The number of carbonyl (C=O) groups is 1. The van der Waals surface area contributed by atoms with Gasteiger partial charge in [0.25, 0.3) is 0 Å². The Morgan fingerprint density at radius 3 is 2.38 bits per heavy atom. The Morgan fingerprint density at radius 1 is 1.12 bits per heavy atom. The van der Waals surface area contributed by atoms with Crippen LogP contribution in [-0.4, -0.2) is 17.6 Å². The first kappa shape index (κ1) is 18.1. The third-order valence-electron chi connectivity index (χ3n) is 4.09. The van der Waals surface area contributed by atoms with E-state index in [1.54, 1.807) is 6.92 Å². The molecule has 0 bridgehead atoms. The van der Waals surface area contributed by atoms with E-state index >= 15 is 0 Å². The maximum atomic E-state index is 12.9. The first-order valence-electron chi connectivity index (χ1n) is 8.17. The highest BCUT2D eigenvalue weighted by Crippen LogP contribution is 2.20. The first-order valence-corrected chi connectivity index (χ1v) is 8.17. The topological polar surface area (TPSA) is 49.3 Å². The second kappa shape index (κ2) is 8.06. The van der Waals surface area contributed by atoms with E-state index in [0.717, 1.165) is 12.8 Å². The molecule has 0 saturated heterocycles. The number of aryl methyl sites for hydroxylation is 2. The van der Waals surface area contributed by atoms with Gasteiger partial charge >= 0.3 is 0 Å². The highest BCUT2D eigenvalue weighted by atomic mass is 19.1. The van der Waals surface area contributed by atoms with Gasteiger partial charge in [0.2, 0.25) is 5.91 Å². The highest BCUT2D eigenvalue weighted by Gasteiger charge is 2.23.